The van der Waals surface area contributed by atoms with Gasteiger partial charge in [-0.1, -0.05) is 6.07 Å². The lowest BCUT2D eigenvalue weighted by molar-refractivity contribution is -0.127. The quantitative estimate of drug-likeness (QED) is 0.895. The number of hydrogen-bond acceptors (Lipinski definition) is 2. The summed E-state index contributed by atoms with van der Waals surface area (Å²) in [6, 6.07) is 2.90. The number of urea groups is 1. The molecule has 0 aromatic heterocycles. The summed E-state index contributed by atoms with van der Waals surface area (Å²) in [4.78, 5) is 28.5. The third kappa shape index (κ3) is 4.14. The fourth-order valence-electron chi connectivity index (χ4n) is 3.70. The molecule has 2 fully saturated rings. The molecule has 2 aliphatic heterocycles. The molecule has 2 heterocycles. The highest BCUT2D eigenvalue weighted by Gasteiger charge is 2.31. The fourth-order valence-corrected chi connectivity index (χ4v) is 3.70. The molecule has 3 amide bonds. The van der Waals surface area contributed by atoms with Crippen molar-refractivity contribution in [3.63, 3.8) is 0 Å². The molecule has 0 bridgehead atoms. The summed E-state index contributed by atoms with van der Waals surface area (Å²) < 4.78 is 26.9. The van der Waals surface area contributed by atoms with Crippen LogP contribution in [0.4, 0.5) is 13.6 Å². The van der Waals surface area contributed by atoms with Crippen LogP contribution in [0.15, 0.2) is 18.2 Å². The Morgan fingerprint density at radius 3 is 2.31 bits per heavy atom. The molecule has 7 heteroatoms. The van der Waals surface area contributed by atoms with Gasteiger partial charge in [0.25, 0.3) is 0 Å². The van der Waals surface area contributed by atoms with Crippen molar-refractivity contribution in [1.82, 2.24) is 15.1 Å². The van der Waals surface area contributed by atoms with Gasteiger partial charge in [-0.05, 0) is 38.7 Å². The van der Waals surface area contributed by atoms with E-state index in [-0.39, 0.29) is 23.4 Å². The summed E-state index contributed by atoms with van der Waals surface area (Å²) >= 11 is 0. The molecule has 0 saturated carbocycles. The predicted molar refractivity (Wildman–Crippen MR) is 93.4 cm³/mol. The van der Waals surface area contributed by atoms with Crippen molar-refractivity contribution in [2.45, 2.75) is 38.6 Å². The van der Waals surface area contributed by atoms with Gasteiger partial charge in [0, 0.05) is 43.7 Å². The van der Waals surface area contributed by atoms with Gasteiger partial charge in [0.15, 0.2) is 0 Å². The van der Waals surface area contributed by atoms with Crippen molar-refractivity contribution in [3.8, 4) is 0 Å². The van der Waals surface area contributed by atoms with Crippen LogP contribution in [0.5, 0.6) is 0 Å². The van der Waals surface area contributed by atoms with Crippen molar-refractivity contribution in [3.05, 3.63) is 35.4 Å². The third-order valence-corrected chi connectivity index (χ3v) is 5.30. The molecule has 0 aliphatic carbocycles. The Morgan fingerprint density at radius 2 is 1.69 bits per heavy atom. The van der Waals surface area contributed by atoms with Crippen LogP contribution in [0, 0.1) is 17.6 Å². The van der Waals surface area contributed by atoms with Gasteiger partial charge in [-0.15, -0.1) is 0 Å². The molecule has 2 saturated heterocycles. The Balaban J connectivity index is 1.51. The maximum Gasteiger partial charge on any atom is 0.319 e. The van der Waals surface area contributed by atoms with E-state index in [1.54, 1.807) is 6.92 Å². The maximum atomic E-state index is 13.8. The second-order valence-electron chi connectivity index (χ2n) is 7.13. The molecule has 1 N–H and O–H groups in total. The van der Waals surface area contributed by atoms with Crippen LogP contribution >= 0.6 is 0 Å². The van der Waals surface area contributed by atoms with E-state index in [0.717, 1.165) is 32.0 Å². The first-order valence-corrected chi connectivity index (χ1v) is 9.25. The number of carbonyl (C=O) groups is 2. The SMILES string of the molecule is CC(NC(=O)C1CCN(C(=O)N2CCCC2)CC1)c1ccc(F)cc1F. The smallest absolute Gasteiger partial charge is 0.319 e. The molecule has 0 radical (unpaired) electrons. The molecule has 26 heavy (non-hydrogen) atoms. The molecule has 5 nitrogen and oxygen atoms in total. The number of benzene rings is 1. The molecule has 1 aromatic carbocycles. The minimum atomic E-state index is -0.663. The molecule has 1 aromatic rings. The minimum Gasteiger partial charge on any atom is -0.349 e. The minimum absolute atomic E-state index is 0.0723. The van der Waals surface area contributed by atoms with E-state index in [0.29, 0.717) is 25.9 Å². The van der Waals surface area contributed by atoms with E-state index in [1.165, 1.54) is 12.1 Å². The predicted octanol–water partition coefficient (Wildman–Crippen LogP) is 3.07. The van der Waals surface area contributed by atoms with Crippen LogP contribution in [0.2, 0.25) is 0 Å². The number of carbonyl (C=O) groups excluding carboxylic acids is 2. The van der Waals surface area contributed by atoms with Crippen molar-refractivity contribution in [2.75, 3.05) is 26.2 Å². The standard InChI is InChI=1S/C19H25F2N3O2/c1-13(16-5-4-15(20)12-17(16)21)22-18(25)14-6-10-24(11-7-14)19(26)23-8-2-3-9-23/h4-5,12-14H,2-3,6-11H2,1H3,(H,22,25). The lowest BCUT2D eigenvalue weighted by atomic mass is 9.95. The van der Waals surface area contributed by atoms with Gasteiger partial charge in [-0.3, -0.25) is 4.79 Å². The number of piperidine rings is 1. The average Bonchev–Trinajstić information content (AvgIpc) is 3.15. The van der Waals surface area contributed by atoms with E-state index in [1.807, 2.05) is 9.80 Å². The summed E-state index contributed by atoms with van der Waals surface area (Å²) in [5.74, 6) is -1.64. The Kier molecular flexibility index (Phi) is 5.74. The summed E-state index contributed by atoms with van der Waals surface area (Å²) in [6.07, 6.45) is 3.32. The highest BCUT2D eigenvalue weighted by atomic mass is 19.1. The molecule has 1 unspecified atom stereocenters. The van der Waals surface area contributed by atoms with Crippen LogP contribution in [0.25, 0.3) is 0 Å². The van der Waals surface area contributed by atoms with Gasteiger partial charge in [-0.2, -0.15) is 0 Å². The number of hydrogen-bond donors (Lipinski definition) is 1. The zero-order valence-electron chi connectivity index (χ0n) is 15.0. The number of likely N-dealkylation sites (tertiary alicyclic amines) is 2. The van der Waals surface area contributed by atoms with Crippen LogP contribution in [0.1, 0.15) is 44.2 Å². The van der Waals surface area contributed by atoms with Crippen molar-refractivity contribution in [1.29, 1.82) is 0 Å². The van der Waals surface area contributed by atoms with Crippen molar-refractivity contribution < 1.29 is 18.4 Å². The zero-order chi connectivity index (χ0) is 18.7. The van der Waals surface area contributed by atoms with Gasteiger partial charge < -0.3 is 15.1 Å². The second-order valence-corrected chi connectivity index (χ2v) is 7.13. The molecule has 0 spiro atoms. The molecule has 3 rings (SSSR count). The first-order chi connectivity index (χ1) is 12.5. The molecule has 1 atom stereocenters. The Labute approximate surface area is 152 Å². The van der Waals surface area contributed by atoms with Crippen LogP contribution in [-0.4, -0.2) is 47.9 Å². The monoisotopic (exact) mass is 365 g/mol. The largest absolute Gasteiger partial charge is 0.349 e. The van der Waals surface area contributed by atoms with Crippen molar-refractivity contribution >= 4 is 11.9 Å². The van der Waals surface area contributed by atoms with Crippen LogP contribution in [0.3, 0.4) is 0 Å². The number of nitrogens with one attached hydrogen (secondary N) is 1. The third-order valence-electron chi connectivity index (χ3n) is 5.30. The summed E-state index contributed by atoms with van der Waals surface area (Å²) in [7, 11) is 0. The molecular weight excluding hydrogens is 340 g/mol. The second kappa shape index (κ2) is 8.01. The highest BCUT2D eigenvalue weighted by molar-refractivity contribution is 5.80. The van der Waals surface area contributed by atoms with Crippen molar-refractivity contribution in [2.24, 2.45) is 5.92 Å². The maximum absolute atomic E-state index is 13.8. The number of halogens is 2. The summed E-state index contributed by atoms with van der Waals surface area (Å²) in [6.45, 7) is 4.44. The molecular formula is C19H25F2N3O2. The Hall–Kier alpha value is -2.18. The lowest BCUT2D eigenvalue weighted by Crippen LogP contribution is -2.47. The van der Waals surface area contributed by atoms with E-state index in [4.69, 9.17) is 0 Å². The number of rotatable bonds is 3. The van der Waals surface area contributed by atoms with E-state index in [2.05, 4.69) is 5.32 Å². The lowest BCUT2D eigenvalue weighted by Gasteiger charge is -2.34. The summed E-state index contributed by atoms with van der Waals surface area (Å²) in [5, 5.41) is 2.81. The molecule has 142 valence electrons. The first kappa shape index (κ1) is 18.6. The normalized spacial score (nSPS) is 19.5. The van der Waals surface area contributed by atoms with Gasteiger partial charge >= 0.3 is 6.03 Å². The van der Waals surface area contributed by atoms with Crippen LogP contribution in [-0.2, 0) is 4.79 Å². The highest BCUT2D eigenvalue weighted by Crippen LogP contribution is 2.23. The Morgan fingerprint density at radius 1 is 1.08 bits per heavy atom. The summed E-state index contributed by atoms with van der Waals surface area (Å²) in [5.41, 5.74) is 0.265. The van der Waals surface area contributed by atoms with Gasteiger partial charge in [0.2, 0.25) is 5.91 Å². The average molecular weight is 365 g/mol. The molecule has 2 aliphatic rings. The number of amides is 3. The number of nitrogens with zero attached hydrogens (tertiary/aromatic N) is 2. The topological polar surface area (TPSA) is 52.7 Å². The van der Waals surface area contributed by atoms with Gasteiger partial charge in [-0.25, -0.2) is 13.6 Å². The van der Waals surface area contributed by atoms with Gasteiger partial charge in [0.1, 0.15) is 11.6 Å². The van der Waals surface area contributed by atoms with E-state index in [9.17, 15) is 18.4 Å². The Bertz CT molecular complexity index is 669. The van der Waals surface area contributed by atoms with Crippen LogP contribution < -0.4 is 5.32 Å². The fraction of sp³-hybridized carbons (Fsp3) is 0.579. The van der Waals surface area contributed by atoms with E-state index >= 15 is 0 Å². The first-order valence-electron chi connectivity index (χ1n) is 9.25. The van der Waals surface area contributed by atoms with E-state index < -0.39 is 17.7 Å². The van der Waals surface area contributed by atoms with Gasteiger partial charge in [0.05, 0.1) is 6.04 Å². The zero-order valence-corrected chi connectivity index (χ0v) is 15.0.